The number of amides is 1. The number of aryl methyl sites for hydroxylation is 1. The van der Waals surface area contributed by atoms with E-state index < -0.39 is 0 Å². The lowest BCUT2D eigenvalue weighted by molar-refractivity contribution is 0.0953. The molecule has 0 saturated carbocycles. The minimum absolute atomic E-state index is 0.0562. The molecule has 0 aliphatic carbocycles. The molecule has 5 nitrogen and oxygen atoms in total. The fourth-order valence-corrected chi connectivity index (χ4v) is 1.76. The van der Waals surface area contributed by atoms with Crippen molar-refractivity contribution in [3.63, 3.8) is 0 Å². The number of rotatable bonds is 2. The third-order valence-electron chi connectivity index (χ3n) is 2.55. The van der Waals surface area contributed by atoms with Crippen LogP contribution in [0.1, 0.15) is 16.1 Å². The van der Waals surface area contributed by atoms with Gasteiger partial charge in [-0.3, -0.25) is 10.2 Å². The Hall–Kier alpha value is -2.34. The zero-order valence-electron chi connectivity index (χ0n) is 10.3. The number of carbonyl (C=O) groups excluding carboxylic acids is 1. The molecule has 0 aliphatic rings. The van der Waals surface area contributed by atoms with Crippen LogP contribution in [-0.4, -0.2) is 11.0 Å². The highest BCUT2D eigenvalue weighted by Crippen LogP contribution is 2.13. The van der Waals surface area contributed by atoms with Crippen molar-refractivity contribution in [1.82, 2.24) is 5.43 Å². The standard InChI is InChI=1S/C13H13N3O2S/c1-9-11(7-8-18-9)12(17)15-16(13(14)19)10-5-3-2-4-6-10/h2-8H,1H3,(H2,14,19)(H,15,17). The first kappa shape index (κ1) is 13.1. The van der Waals surface area contributed by atoms with Gasteiger partial charge in [-0.25, -0.2) is 5.01 Å². The summed E-state index contributed by atoms with van der Waals surface area (Å²) in [5, 5.41) is 1.41. The largest absolute Gasteiger partial charge is 0.469 e. The van der Waals surface area contributed by atoms with Crippen LogP contribution in [0, 0.1) is 6.92 Å². The molecule has 2 aromatic rings. The highest BCUT2D eigenvalue weighted by Gasteiger charge is 2.17. The molecule has 0 radical (unpaired) electrons. The fourth-order valence-electron chi connectivity index (χ4n) is 1.61. The van der Waals surface area contributed by atoms with Gasteiger partial charge in [-0.1, -0.05) is 18.2 Å². The fraction of sp³-hybridized carbons (Fsp3) is 0.0769. The second-order valence-corrected chi connectivity index (χ2v) is 4.26. The van der Waals surface area contributed by atoms with Gasteiger partial charge in [0.25, 0.3) is 5.91 Å². The molecule has 0 saturated heterocycles. The van der Waals surface area contributed by atoms with E-state index in [0.717, 1.165) is 0 Å². The number of nitrogens with two attached hydrogens (primary N) is 1. The lowest BCUT2D eigenvalue weighted by Crippen LogP contribution is -2.49. The summed E-state index contributed by atoms with van der Waals surface area (Å²) in [6.45, 7) is 1.71. The third-order valence-corrected chi connectivity index (χ3v) is 2.73. The zero-order valence-corrected chi connectivity index (χ0v) is 11.1. The second kappa shape index (κ2) is 5.53. The van der Waals surface area contributed by atoms with E-state index >= 15 is 0 Å². The van der Waals surface area contributed by atoms with Crippen LogP contribution in [0.2, 0.25) is 0 Å². The van der Waals surface area contributed by atoms with Gasteiger partial charge in [-0.05, 0) is 37.3 Å². The number of hydrogen-bond donors (Lipinski definition) is 2. The van der Waals surface area contributed by atoms with Gasteiger partial charge in [-0.15, -0.1) is 0 Å². The number of para-hydroxylation sites is 1. The summed E-state index contributed by atoms with van der Waals surface area (Å²) >= 11 is 4.95. The van der Waals surface area contributed by atoms with Crippen molar-refractivity contribution in [2.45, 2.75) is 6.92 Å². The Kier molecular flexibility index (Phi) is 3.82. The van der Waals surface area contributed by atoms with Crippen molar-refractivity contribution in [1.29, 1.82) is 0 Å². The van der Waals surface area contributed by atoms with Gasteiger partial charge >= 0.3 is 0 Å². The Balaban J connectivity index is 2.21. The van der Waals surface area contributed by atoms with Crippen molar-refractivity contribution in [3.8, 4) is 0 Å². The van der Waals surface area contributed by atoms with E-state index in [1.807, 2.05) is 18.2 Å². The maximum Gasteiger partial charge on any atom is 0.273 e. The molecule has 1 aromatic carbocycles. The summed E-state index contributed by atoms with van der Waals surface area (Å²) in [7, 11) is 0. The van der Waals surface area contributed by atoms with Crippen LogP contribution < -0.4 is 16.2 Å². The lowest BCUT2D eigenvalue weighted by atomic mass is 10.2. The first-order valence-electron chi connectivity index (χ1n) is 5.59. The molecule has 0 bridgehead atoms. The summed E-state index contributed by atoms with van der Waals surface area (Å²) in [4.78, 5) is 12.1. The topological polar surface area (TPSA) is 71.5 Å². The summed E-state index contributed by atoms with van der Waals surface area (Å²) in [6, 6.07) is 10.7. The smallest absolute Gasteiger partial charge is 0.273 e. The van der Waals surface area contributed by atoms with Crippen LogP contribution in [-0.2, 0) is 0 Å². The number of nitrogens with zero attached hydrogens (tertiary/aromatic N) is 1. The van der Waals surface area contributed by atoms with E-state index in [2.05, 4.69) is 5.43 Å². The Bertz CT molecular complexity index is 595. The van der Waals surface area contributed by atoms with Crippen molar-refractivity contribution in [3.05, 3.63) is 54.0 Å². The average molecular weight is 275 g/mol. The van der Waals surface area contributed by atoms with Gasteiger partial charge < -0.3 is 10.2 Å². The van der Waals surface area contributed by atoms with Crippen LogP contribution >= 0.6 is 12.2 Å². The van der Waals surface area contributed by atoms with Gasteiger partial charge in [-0.2, -0.15) is 0 Å². The third kappa shape index (κ3) is 2.92. The van der Waals surface area contributed by atoms with Gasteiger partial charge in [0.1, 0.15) is 5.76 Å². The van der Waals surface area contributed by atoms with Gasteiger partial charge in [0.05, 0.1) is 17.5 Å². The molecule has 0 aliphatic heterocycles. The SMILES string of the molecule is Cc1occc1C(=O)NN(C(N)=S)c1ccccc1. The number of anilines is 1. The molecule has 3 N–H and O–H groups in total. The Morgan fingerprint density at radius 2 is 2.00 bits per heavy atom. The first-order valence-corrected chi connectivity index (χ1v) is 6.00. The quantitative estimate of drug-likeness (QED) is 0.648. The number of hydrogen-bond acceptors (Lipinski definition) is 3. The van der Waals surface area contributed by atoms with E-state index in [-0.39, 0.29) is 11.0 Å². The highest BCUT2D eigenvalue weighted by molar-refractivity contribution is 7.80. The number of carbonyl (C=O) groups is 1. The van der Waals surface area contributed by atoms with E-state index in [9.17, 15) is 4.79 Å². The molecule has 0 atom stereocenters. The molecular weight excluding hydrogens is 262 g/mol. The van der Waals surface area contributed by atoms with Crippen LogP contribution in [0.25, 0.3) is 0 Å². The summed E-state index contributed by atoms with van der Waals surface area (Å²) in [5.41, 5.74) is 9.40. The predicted octanol–water partition coefficient (Wildman–Crippen LogP) is 1.98. The molecule has 19 heavy (non-hydrogen) atoms. The minimum Gasteiger partial charge on any atom is -0.469 e. The van der Waals surface area contributed by atoms with Gasteiger partial charge in [0.15, 0.2) is 5.11 Å². The normalized spacial score (nSPS) is 9.95. The number of furan rings is 1. The molecule has 1 aromatic heterocycles. The molecule has 1 heterocycles. The van der Waals surface area contributed by atoms with Crippen LogP contribution in [0.15, 0.2) is 47.1 Å². The number of nitrogens with one attached hydrogen (secondary N) is 1. The summed E-state index contributed by atoms with van der Waals surface area (Å²) in [6.07, 6.45) is 1.46. The van der Waals surface area contributed by atoms with Crippen LogP contribution in [0.3, 0.4) is 0 Å². The monoisotopic (exact) mass is 275 g/mol. The van der Waals surface area contributed by atoms with Crippen molar-refractivity contribution >= 4 is 28.9 Å². The van der Waals surface area contributed by atoms with Gasteiger partial charge in [0, 0.05) is 0 Å². The minimum atomic E-state index is -0.331. The zero-order chi connectivity index (χ0) is 13.8. The number of benzene rings is 1. The predicted molar refractivity (Wildman–Crippen MR) is 76.6 cm³/mol. The second-order valence-electron chi connectivity index (χ2n) is 3.84. The Morgan fingerprint density at radius 3 is 2.53 bits per heavy atom. The Morgan fingerprint density at radius 1 is 1.32 bits per heavy atom. The molecule has 0 spiro atoms. The molecular formula is C13H13N3O2S. The average Bonchev–Trinajstić information content (AvgIpc) is 2.82. The molecule has 2 rings (SSSR count). The van der Waals surface area contributed by atoms with Gasteiger partial charge in [0.2, 0.25) is 0 Å². The number of thiocarbonyl (C=S) groups is 1. The molecule has 98 valence electrons. The van der Waals surface area contributed by atoms with E-state index in [4.69, 9.17) is 22.4 Å². The lowest BCUT2D eigenvalue weighted by Gasteiger charge is -2.23. The van der Waals surface area contributed by atoms with Crippen LogP contribution in [0.4, 0.5) is 5.69 Å². The van der Waals surface area contributed by atoms with Crippen molar-refractivity contribution in [2.24, 2.45) is 5.73 Å². The Labute approximate surface area is 116 Å². The van der Waals surface area contributed by atoms with Crippen LogP contribution in [0.5, 0.6) is 0 Å². The van der Waals surface area contributed by atoms with Crippen molar-refractivity contribution in [2.75, 3.05) is 5.01 Å². The van der Waals surface area contributed by atoms with E-state index in [1.54, 1.807) is 25.1 Å². The molecule has 1 amide bonds. The first-order chi connectivity index (χ1) is 9.09. The number of hydrazine groups is 1. The van der Waals surface area contributed by atoms with E-state index in [1.165, 1.54) is 11.3 Å². The molecule has 6 heteroatoms. The molecule has 0 fully saturated rings. The molecule has 0 unspecified atom stereocenters. The highest BCUT2D eigenvalue weighted by atomic mass is 32.1. The summed E-state index contributed by atoms with van der Waals surface area (Å²) in [5.74, 6) is 0.205. The van der Waals surface area contributed by atoms with E-state index in [0.29, 0.717) is 17.0 Å². The maximum absolute atomic E-state index is 12.1. The van der Waals surface area contributed by atoms with Crippen molar-refractivity contribution < 1.29 is 9.21 Å². The summed E-state index contributed by atoms with van der Waals surface area (Å²) < 4.78 is 5.09. The maximum atomic E-state index is 12.1.